The number of hydrogen-bond acceptors (Lipinski definition) is 7. The van der Waals surface area contributed by atoms with Gasteiger partial charge in [0.05, 0.1) is 14.2 Å². The average Bonchev–Trinajstić information content (AvgIpc) is 2.93. The molecule has 0 bridgehead atoms. The number of Topliss-reactive ketones (excluding diaryl/α,β-unsaturated/α-hetero) is 1. The average molecular weight is 420 g/mol. The van der Waals surface area contributed by atoms with Crippen LogP contribution in [0, 0.1) is 5.92 Å². The van der Waals surface area contributed by atoms with Crippen molar-refractivity contribution in [1.82, 2.24) is 10.2 Å². The predicted octanol–water partition coefficient (Wildman–Crippen LogP) is 2.18. The van der Waals surface area contributed by atoms with Gasteiger partial charge in [-0.15, -0.1) is 0 Å². The Morgan fingerprint density at radius 1 is 1.13 bits per heavy atom. The largest absolute Gasteiger partial charge is 0.493 e. The molecule has 0 aromatic heterocycles. The van der Waals surface area contributed by atoms with Crippen LogP contribution in [0.4, 0.5) is 4.79 Å². The Balaban J connectivity index is 1.93. The van der Waals surface area contributed by atoms with Gasteiger partial charge in [-0.2, -0.15) is 0 Å². The highest BCUT2D eigenvalue weighted by Gasteiger charge is 2.48. The lowest BCUT2D eigenvalue weighted by atomic mass is 9.92. The lowest BCUT2D eigenvalue weighted by Gasteiger charge is -2.22. The fourth-order valence-corrected chi connectivity index (χ4v) is 3.05. The first kappa shape index (κ1) is 23.2. The number of imide groups is 1. The van der Waals surface area contributed by atoms with Gasteiger partial charge < -0.3 is 19.5 Å². The summed E-state index contributed by atoms with van der Waals surface area (Å²) < 4.78 is 15.2. The SMILES string of the molecule is COc1ccc(C(=O)COC(=O)CN2C(=O)N[C@](C)(CCC(C)C)C2=O)cc1OC. The van der Waals surface area contributed by atoms with Crippen molar-refractivity contribution in [3.8, 4) is 11.5 Å². The number of ether oxygens (including phenoxy) is 3. The summed E-state index contributed by atoms with van der Waals surface area (Å²) in [6.45, 7) is 4.61. The summed E-state index contributed by atoms with van der Waals surface area (Å²) in [4.78, 5) is 50.0. The monoisotopic (exact) mass is 420 g/mol. The van der Waals surface area contributed by atoms with Gasteiger partial charge in [0.15, 0.2) is 23.9 Å². The van der Waals surface area contributed by atoms with Crippen LogP contribution in [0.25, 0.3) is 0 Å². The summed E-state index contributed by atoms with van der Waals surface area (Å²) in [5, 5.41) is 2.64. The fraction of sp³-hybridized carbons (Fsp3) is 0.524. The predicted molar refractivity (Wildman–Crippen MR) is 108 cm³/mol. The van der Waals surface area contributed by atoms with E-state index in [1.54, 1.807) is 13.0 Å². The number of urea groups is 1. The molecule has 1 aromatic rings. The molecule has 3 amide bonds. The quantitative estimate of drug-likeness (QED) is 0.351. The second kappa shape index (κ2) is 9.60. The Hall–Kier alpha value is -3.10. The van der Waals surface area contributed by atoms with Crippen LogP contribution >= 0.6 is 0 Å². The second-order valence-corrected chi connectivity index (χ2v) is 7.74. The van der Waals surface area contributed by atoms with E-state index in [9.17, 15) is 19.2 Å². The first-order chi connectivity index (χ1) is 14.1. The van der Waals surface area contributed by atoms with E-state index in [4.69, 9.17) is 14.2 Å². The summed E-state index contributed by atoms with van der Waals surface area (Å²) in [6, 6.07) is 3.93. The van der Waals surface area contributed by atoms with E-state index in [2.05, 4.69) is 5.32 Å². The minimum absolute atomic E-state index is 0.275. The molecular formula is C21H28N2O7. The van der Waals surface area contributed by atoms with E-state index in [1.807, 2.05) is 13.8 Å². The zero-order chi connectivity index (χ0) is 22.5. The van der Waals surface area contributed by atoms with Gasteiger partial charge in [-0.1, -0.05) is 13.8 Å². The number of nitrogens with one attached hydrogen (secondary N) is 1. The van der Waals surface area contributed by atoms with Gasteiger partial charge in [0.1, 0.15) is 12.1 Å². The summed E-state index contributed by atoms with van der Waals surface area (Å²) in [6.07, 6.45) is 1.22. The van der Waals surface area contributed by atoms with Crippen molar-refractivity contribution in [2.75, 3.05) is 27.4 Å². The van der Waals surface area contributed by atoms with Crippen LogP contribution in [0.2, 0.25) is 0 Å². The van der Waals surface area contributed by atoms with Crippen LogP contribution in [0.3, 0.4) is 0 Å². The standard InChI is InChI=1S/C21H28N2O7/c1-13(2)8-9-21(3)19(26)23(20(27)22-21)11-18(25)30-12-15(24)14-6-7-16(28-4)17(10-14)29-5/h6-7,10,13H,8-9,11-12H2,1-5H3,(H,22,27)/t21-/m1/s1. The van der Waals surface area contributed by atoms with Gasteiger partial charge >= 0.3 is 12.0 Å². The van der Waals surface area contributed by atoms with E-state index >= 15 is 0 Å². The number of carbonyl (C=O) groups excluding carboxylic acids is 4. The number of carbonyl (C=O) groups is 4. The van der Waals surface area contributed by atoms with E-state index in [1.165, 1.54) is 26.4 Å². The van der Waals surface area contributed by atoms with E-state index in [-0.39, 0.29) is 5.56 Å². The smallest absolute Gasteiger partial charge is 0.326 e. The van der Waals surface area contributed by atoms with E-state index in [0.717, 1.165) is 11.3 Å². The van der Waals surface area contributed by atoms with Gasteiger partial charge in [-0.3, -0.25) is 19.3 Å². The summed E-state index contributed by atoms with van der Waals surface area (Å²) in [5.41, 5.74) is -0.770. The van der Waals surface area contributed by atoms with Crippen molar-refractivity contribution in [2.45, 2.75) is 39.2 Å². The number of nitrogens with zero attached hydrogens (tertiary/aromatic N) is 1. The first-order valence-corrected chi connectivity index (χ1v) is 9.66. The highest BCUT2D eigenvalue weighted by molar-refractivity contribution is 6.08. The van der Waals surface area contributed by atoms with Crippen LogP contribution in [0.1, 0.15) is 44.0 Å². The van der Waals surface area contributed by atoms with Crippen molar-refractivity contribution < 1.29 is 33.4 Å². The van der Waals surface area contributed by atoms with Gasteiger partial charge in [-0.05, 0) is 43.9 Å². The lowest BCUT2D eigenvalue weighted by molar-refractivity contribution is -0.146. The van der Waals surface area contributed by atoms with Crippen LogP contribution in [-0.2, 0) is 14.3 Å². The maximum absolute atomic E-state index is 12.6. The Labute approximate surface area is 175 Å². The van der Waals surface area contributed by atoms with E-state index in [0.29, 0.717) is 23.8 Å². The molecule has 9 nitrogen and oxygen atoms in total. The molecule has 164 valence electrons. The molecule has 1 atom stereocenters. The highest BCUT2D eigenvalue weighted by Crippen LogP contribution is 2.28. The first-order valence-electron chi connectivity index (χ1n) is 9.66. The molecule has 2 rings (SSSR count). The third kappa shape index (κ3) is 5.28. The van der Waals surface area contributed by atoms with Crippen molar-refractivity contribution in [3.63, 3.8) is 0 Å². The third-order valence-electron chi connectivity index (χ3n) is 4.92. The van der Waals surface area contributed by atoms with Crippen LogP contribution < -0.4 is 14.8 Å². The van der Waals surface area contributed by atoms with Gasteiger partial charge in [-0.25, -0.2) is 4.79 Å². The second-order valence-electron chi connectivity index (χ2n) is 7.74. The minimum Gasteiger partial charge on any atom is -0.493 e. The van der Waals surface area contributed by atoms with Crippen molar-refractivity contribution in [1.29, 1.82) is 0 Å². The molecule has 30 heavy (non-hydrogen) atoms. The summed E-state index contributed by atoms with van der Waals surface area (Å²) in [5.74, 6) is -0.576. The number of ketones is 1. The molecule has 9 heteroatoms. The van der Waals surface area contributed by atoms with Gasteiger partial charge in [0.2, 0.25) is 0 Å². The summed E-state index contributed by atoms with van der Waals surface area (Å²) in [7, 11) is 2.92. The molecule has 1 aromatic carbocycles. The molecule has 1 aliphatic rings. The molecule has 1 fully saturated rings. The maximum atomic E-state index is 12.6. The maximum Gasteiger partial charge on any atom is 0.326 e. The molecular weight excluding hydrogens is 392 g/mol. The number of amides is 3. The zero-order valence-electron chi connectivity index (χ0n) is 17.9. The zero-order valence-corrected chi connectivity index (χ0v) is 17.9. The molecule has 0 spiro atoms. The van der Waals surface area contributed by atoms with Gasteiger partial charge in [0, 0.05) is 5.56 Å². The molecule has 0 saturated carbocycles. The Bertz CT molecular complexity index is 837. The Kier molecular flexibility index (Phi) is 7.42. The summed E-state index contributed by atoms with van der Waals surface area (Å²) >= 11 is 0. The van der Waals surface area contributed by atoms with Gasteiger partial charge in [0.25, 0.3) is 5.91 Å². The van der Waals surface area contributed by atoms with Crippen molar-refractivity contribution in [2.24, 2.45) is 5.92 Å². The van der Waals surface area contributed by atoms with Crippen molar-refractivity contribution >= 4 is 23.7 Å². The normalized spacial score (nSPS) is 18.4. The molecule has 1 saturated heterocycles. The van der Waals surface area contributed by atoms with Crippen LogP contribution in [-0.4, -0.2) is 61.5 Å². The molecule has 0 aliphatic carbocycles. The fourth-order valence-electron chi connectivity index (χ4n) is 3.05. The number of esters is 1. The molecule has 0 radical (unpaired) electrons. The molecule has 1 N–H and O–H groups in total. The number of benzene rings is 1. The number of rotatable bonds is 10. The lowest BCUT2D eigenvalue weighted by Crippen LogP contribution is -2.44. The van der Waals surface area contributed by atoms with Crippen molar-refractivity contribution in [3.05, 3.63) is 23.8 Å². The molecule has 0 unspecified atom stereocenters. The van der Waals surface area contributed by atoms with Crippen LogP contribution in [0.15, 0.2) is 18.2 Å². The van der Waals surface area contributed by atoms with Crippen LogP contribution in [0.5, 0.6) is 11.5 Å². The third-order valence-corrected chi connectivity index (χ3v) is 4.92. The number of methoxy groups -OCH3 is 2. The number of hydrogen-bond donors (Lipinski definition) is 1. The van der Waals surface area contributed by atoms with E-state index < -0.39 is 42.4 Å². The minimum atomic E-state index is -1.04. The Morgan fingerprint density at radius 2 is 1.80 bits per heavy atom. The molecule has 1 heterocycles. The topological polar surface area (TPSA) is 111 Å². The Morgan fingerprint density at radius 3 is 2.40 bits per heavy atom. The highest BCUT2D eigenvalue weighted by atomic mass is 16.5. The molecule has 1 aliphatic heterocycles.